The molecule has 0 bridgehead atoms. The van der Waals surface area contributed by atoms with Crippen molar-refractivity contribution in [3.63, 3.8) is 0 Å². The molecule has 0 saturated heterocycles. The van der Waals surface area contributed by atoms with Crippen LogP contribution >= 0.6 is 11.6 Å². The van der Waals surface area contributed by atoms with Gasteiger partial charge >= 0.3 is 0 Å². The fourth-order valence-corrected chi connectivity index (χ4v) is 1.60. The van der Waals surface area contributed by atoms with Gasteiger partial charge in [0, 0.05) is 20.1 Å². The van der Waals surface area contributed by atoms with Gasteiger partial charge in [0.05, 0.1) is 0 Å². The van der Waals surface area contributed by atoms with Crippen molar-refractivity contribution in [3.05, 3.63) is 5.28 Å². The number of halogens is 1. The van der Waals surface area contributed by atoms with Crippen LogP contribution in [-0.2, 0) is 0 Å². The predicted molar refractivity (Wildman–Crippen MR) is 71.8 cm³/mol. The van der Waals surface area contributed by atoms with Gasteiger partial charge in [-0.1, -0.05) is 19.8 Å². The van der Waals surface area contributed by atoms with E-state index in [0.29, 0.717) is 11.9 Å². The number of nitrogens with one attached hydrogen (secondary N) is 1. The van der Waals surface area contributed by atoms with Gasteiger partial charge in [-0.3, -0.25) is 0 Å². The molecule has 1 aromatic heterocycles. The van der Waals surface area contributed by atoms with Gasteiger partial charge in [-0.05, 0) is 24.9 Å². The molecule has 96 valence electrons. The lowest BCUT2D eigenvalue weighted by Crippen LogP contribution is -2.22. The Morgan fingerprint density at radius 3 is 2.59 bits per heavy atom. The minimum absolute atomic E-state index is 0.230. The predicted octanol–water partition coefficient (Wildman–Crippen LogP) is 2.58. The van der Waals surface area contributed by atoms with Crippen LogP contribution in [0.5, 0.6) is 0 Å². The Labute approximate surface area is 108 Å². The molecule has 0 unspecified atom stereocenters. The highest BCUT2D eigenvalue weighted by molar-refractivity contribution is 6.28. The van der Waals surface area contributed by atoms with Crippen molar-refractivity contribution in [3.8, 4) is 0 Å². The van der Waals surface area contributed by atoms with Gasteiger partial charge in [0.2, 0.25) is 17.2 Å². The number of hydrogen-bond donors (Lipinski definition) is 1. The summed E-state index contributed by atoms with van der Waals surface area (Å²) in [4.78, 5) is 14.4. The van der Waals surface area contributed by atoms with Crippen molar-refractivity contribution >= 4 is 23.5 Å². The van der Waals surface area contributed by atoms with E-state index in [1.165, 1.54) is 12.8 Å². The third-order valence-corrected chi connectivity index (χ3v) is 2.54. The molecule has 5 nitrogen and oxygen atoms in total. The molecule has 0 aromatic carbocycles. The van der Waals surface area contributed by atoms with E-state index in [1.54, 1.807) is 0 Å². The smallest absolute Gasteiger partial charge is 0.231 e. The zero-order valence-electron chi connectivity index (χ0n) is 10.7. The summed E-state index contributed by atoms with van der Waals surface area (Å²) in [5, 5.41) is 3.27. The second-order valence-corrected chi connectivity index (χ2v) is 4.23. The molecule has 0 aliphatic heterocycles. The van der Waals surface area contributed by atoms with Crippen molar-refractivity contribution in [2.24, 2.45) is 0 Å². The number of anilines is 2. The number of unbranched alkanes of at least 4 members (excludes halogenated alkanes) is 2. The first-order valence-corrected chi connectivity index (χ1v) is 6.41. The summed E-state index contributed by atoms with van der Waals surface area (Å²) >= 11 is 5.86. The highest BCUT2D eigenvalue weighted by Crippen LogP contribution is 2.13. The summed E-state index contributed by atoms with van der Waals surface area (Å²) in [6, 6.07) is 0. The average molecular weight is 258 g/mol. The van der Waals surface area contributed by atoms with Crippen LogP contribution in [0.25, 0.3) is 0 Å². The standard InChI is InChI=1S/C11H20ClN5/c1-4-6-7-8-17(3)11-15-9(12)14-10(16-11)13-5-2/h4-8H2,1-3H3,(H,13,14,15,16). The number of nitrogens with zero attached hydrogens (tertiary/aromatic N) is 4. The zero-order valence-corrected chi connectivity index (χ0v) is 11.5. The number of rotatable bonds is 7. The Morgan fingerprint density at radius 1 is 1.18 bits per heavy atom. The van der Waals surface area contributed by atoms with Gasteiger partial charge < -0.3 is 10.2 Å². The molecule has 0 atom stereocenters. The fourth-order valence-electron chi connectivity index (χ4n) is 1.45. The molecule has 0 radical (unpaired) electrons. The summed E-state index contributed by atoms with van der Waals surface area (Å²) in [5.74, 6) is 1.15. The van der Waals surface area contributed by atoms with Gasteiger partial charge in [0.25, 0.3) is 0 Å². The molecule has 1 aromatic rings. The lowest BCUT2D eigenvalue weighted by molar-refractivity contribution is 0.695. The lowest BCUT2D eigenvalue weighted by Gasteiger charge is -2.17. The van der Waals surface area contributed by atoms with E-state index in [9.17, 15) is 0 Å². The molecule has 0 fully saturated rings. The second kappa shape index (κ2) is 7.27. The highest BCUT2D eigenvalue weighted by Gasteiger charge is 2.08. The van der Waals surface area contributed by atoms with Crippen LogP contribution in [0.2, 0.25) is 5.28 Å². The monoisotopic (exact) mass is 257 g/mol. The first-order chi connectivity index (χ1) is 8.17. The van der Waals surface area contributed by atoms with Crippen molar-refractivity contribution in [2.45, 2.75) is 33.1 Å². The van der Waals surface area contributed by atoms with Crippen molar-refractivity contribution in [1.29, 1.82) is 0 Å². The Bertz CT molecular complexity index is 345. The van der Waals surface area contributed by atoms with E-state index in [-0.39, 0.29) is 5.28 Å². The Balaban J connectivity index is 2.67. The molecule has 6 heteroatoms. The van der Waals surface area contributed by atoms with Crippen LogP contribution in [-0.4, -0.2) is 35.1 Å². The maximum absolute atomic E-state index is 5.86. The van der Waals surface area contributed by atoms with Crippen LogP contribution in [0.1, 0.15) is 33.1 Å². The third kappa shape index (κ3) is 4.73. The van der Waals surface area contributed by atoms with Crippen molar-refractivity contribution in [1.82, 2.24) is 15.0 Å². The van der Waals surface area contributed by atoms with Gasteiger partial charge in [-0.2, -0.15) is 15.0 Å². The molecule has 1 heterocycles. The summed E-state index contributed by atoms with van der Waals surface area (Å²) in [5.41, 5.74) is 0. The normalized spacial score (nSPS) is 10.4. The maximum atomic E-state index is 5.86. The van der Waals surface area contributed by atoms with Crippen LogP contribution < -0.4 is 10.2 Å². The maximum Gasteiger partial charge on any atom is 0.231 e. The quantitative estimate of drug-likeness (QED) is 0.761. The topological polar surface area (TPSA) is 53.9 Å². The van der Waals surface area contributed by atoms with Crippen molar-refractivity contribution in [2.75, 3.05) is 30.4 Å². The summed E-state index contributed by atoms with van der Waals surface area (Å²) in [6.45, 7) is 5.87. The Morgan fingerprint density at radius 2 is 1.94 bits per heavy atom. The molecule has 1 N–H and O–H groups in total. The molecular formula is C11H20ClN5. The van der Waals surface area contributed by atoms with Gasteiger partial charge in [0.1, 0.15) is 0 Å². The van der Waals surface area contributed by atoms with Crippen LogP contribution in [0.3, 0.4) is 0 Å². The molecule has 1 rings (SSSR count). The molecule has 17 heavy (non-hydrogen) atoms. The molecular weight excluding hydrogens is 238 g/mol. The SMILES string of the molecule is CCCCCN(C)c1nc(Cl)nc(NCC)n1. The first kappa shape index (κ1) is 14.0. The second-order valence-electron chi connectivity index (χ2n) is 3.89. The van der Waals surface area contributed by atoms with Gasteiger partial charge in [-0.25, -0.2) is 0 Å². The van der Waals surface area contributed by atoms with Crippen LogP contribution in [0.4, 0.5) is 11.9 Å². The first-order valence-electron chi connectivity index (χ1n) is 6.04. The van der Waals surface area contributed by atoms with Crippen molar-refractivity contribution < 1.29 is 0 Å². The van der Waals surface area contributed by atoms with Crippen LogP contribution in [0.15, 0.2) is 0 Å². The summed E-state index contributed by atoms with van der Waals surface area (Å²) < 4.78 is 0. The molecule has 0 amide bonds. The number of aromatic nitrogens is 3. The van der Waals surface area contributed by atoms with E-state index >= 15 is 0 Å². The molecule has 0 aliphatic rings. The molecule has 0 aliphatic carbocycles. The molecule has 0 spiro atoms. The fraction of sp³-hybridized carbons (Fsp3) is 0.727. The minimum Gasteiger partial charge on any atom is -0.354 e. The van der Waals surface area contributed by atoms with E-state index < -0.39 is 0 Å². The molecule has 0 saturated carbocycles. The lowest BCUT2D eigenvalue weighted by atomic mass is 10.2. The Kier molecular flexibility index (Phi) is 5.97. The summed E-state index contributed by atoms with van der Waals surface area (Å²) in [6.07, 6.45) is 3.55. The van der Waals surface area contributed by atoms with E-state index in [4.69, 9.17) is 11.6 Å². The summed E-state index contributed by atoms with van der Waals surface area (Å²) in [7, 11) is 1.97. The van der Waals surface area contributed by atoms with E-state index in [1.807, 2.05) is 18.9 Å². The minimum atomic E-state index is 0.230. The third-order valence-electron chi connectivity index (χ3n) is 2.37. The van der Waals surface area contributed by atoms with E-state index in [2.05, 4.69) is 27.2 Å². The Hall–Kier alpha value is -1.10. The average Bonchev–Trinajstić information content (AvgIpc) is 2.29. The van der Waals surface area contributed by atoms with Crippen LogP contribution in [0, 0.1) is 0 Å². The van der Waals surface area contributed by atoms with E-state index in [0.717, 1.165) is 19.5 Å². The van der Waals surface area contributed by atoms with Gasteiger partial charge in [0.15, 0.2) is 0 Å². The zero-order chi connectivity index (χ0) is 12.7. The number of hydrogen-bond acceptors (Lipinski definition) is 5. The van der Waals surface area contributed by atoms with Gasteiger partial charge in [-0.15, -0.1) is 0 Å². The largest absolute Gasteiger partial charge is 0.354 e. The highest BCUT2D eigenvalue weighted by atomic mass is 35.5.